The van der Waals surface area contributed by atoms with E-state index in [1.54, 1.807) is 0 Å². The van der Waals surface area contributed by atoms with E-state index >= 15 is 0 Å². The van der Waals surface area contributed by atoms with E-state index in [0.29, 0.717) is 24.2 Å². The number of aryl methyl sites for hydroxylation is 1. The first-order valence-electron chi connectivity index (χ1n) is 10.3. The van der Waals surface area contributed by atoms with E-state index in [-0.39, 0.29) is 23.5 Å². The number of carbonyl (C=O) groups is 2. The molecular formula is C23H26FN3O2. The number of hydrogen-bond acceptors (Lipinski definition) is 3. The Morgan fingerprint density at radius 1 is 0.897 bits per heavy atom. The molecule has 1 aromatic carbocycles. The average Bonchev–Trinajstić information content (AvgIpc) is 3.28. The lowest BCUT2D eigenvalue weighted by molar-refractivity contribution is 0.0707. The summed E-state index contributed by atoms with van der Waals surface area (Å²) in [6.07, 6.45) is 3.65. The van der Waals surface area contributed by atoms with Crippen LogP contribution < -0.4 is 0 Å². The summed E-state index contributed by atoms with van der Waals surface area (Å²) < 4.78 is 13.1. The quantitative estimate of drug-likeness (QED) is 0.795. The van der Waals surface area contributed by atoms with Gasteiger partial charge in [-0.25, -0.2) is 4.39 Å². The molecule has 2 saturated heterocycles. The number of pyridine rings is 1. The molecule has 0 radical (unpaired) electrons. The maximum atomic E-state index is 13.1. The Labute approximate surface area is 170 Å². The van der Waals surface area contributed by atoms with Gasteiger partial charge in [0.05, 0.1) is 11.3 Å². The molecule has 2 fully saturated rings. The number of benzene rings is 1. The molecule has 4 rings (SSSR count). The van der Waals surface area contributed by atoms with Gasteiger partial charge >= 0.3 is 0 Å². The Bertz CT molecular complexity index is 899. The summed E-state index contributed by atoms with van der Waals surface area (Å²) in [5, 5.41) is 0. The smallest absolute Gasteiger partial charge is 0.255 e. The Kier molecular flexibility index (Phi) is 5.60. The van der Waals surface area contributed by atoms with Crippen molar-refractivity contribution in [2.75, 3.05) is 26.2 Å². The van der Waals surface area contributed by atoms with E-state index in [1.807, 2.05) is 28.9 Å². The van der Waals surface area contributed by atoms with Gasteiger partial charge in [-0.15, -0.1) is 0 Å². The molecular weight excluding hydrogens is 369 g/mol. The lowest BCUT2D eigenvalue weighted by Gasteiger charge is -2.33. The van der Waals surface area contributed by atoms with Gasteiger partial charge in [0.25, 0.3) is 11.8 Å². The molecule has 0 spiro atoms. The number of likely N-dealkylation sites (tertiary alicyclic amines) is 2. The Morgan fingerprint density at radius 2 is 1.52 bits per heavy atom. The van der Waals surface area contributed by atoms with E-state index in [9.17, 15) is 14.0 Å². The topological polar surface area (TPSA) is 53.5 Å². The van der Waals surface area contributed by atoms with Crippen molar-refractivity contribution < 1.29 is 14.0 Å². The molecule has 0 bridgehead atoms. The van der Waals surface area contributed by atoms with Crippen LogP contribution in [0.3, 0.4) is 0 Å². The molecule has 2 aliphatic heterocycles. The molecule has 6 heteroatoms. The van der Waals surface area contributed by atoms with Crippen LogP contribution in [-0.2, 0) is 0 Å². The monoisotopic (exact) mass is 395 g/mol. The zero-order valence-corrected chi connectivity index (χ0v) is 16.7. The first-order valence-corrected chi connectivity index (χ1v) is 10.3. The van der Waals surface area contributed by atoms with E-state index in [2.05, 4.69) is 0 Å². The third-order valence-electron chi connectivity index (χ3n) is 5.95. The molecule has 5 nitrogen and oxygen atoms in total. The van der Waals surface area contributed by atoms with Gasteiger partial charge < -0.3 is 9.80 Å². The van der Waals surface area contributed by atoms with Crippen LogP contribution in [0.4, 0.5) is 4.39 Å². The van der Waals surface area contributed by atoms with Gasteiger partial charge in [-0.2, -0.15) is 0 Å². The van der Waals surface area contributed by atoms with Crippen LogP contribution in [0.25, 0.3) is 0 Å². The van der Waals surface area contributed by atoms with Crippen molar-refractivity contribution in [3.63, 3.8) is 0 Å². The Morgan fingerprint density at radius 3 is 2.17 bits per heavy atom. The number of nitrogens with zero attached hydrogens (tertiary/aromatic N) is 3. The Balaban J connectivity index is 1.48. The second-order valence-electron chi connectivity index (χ2n) is 7.96. The van der Waals surface area contributed by atoms with Crippen LogP contribution in [0.2, 0.25) is 0 Å². The molecule has 0 N–H and O–H groups in total. The van der Waals surface area contributed by atoms with Crippen molar-refractivity contribution in [1.82, 2.24) is 14.8 Å². The van der Waals surface area contributed by atoms with Crippen molar-refractivity contribution in [2.45, 2.75) is 38.5 Å². The highest BCUT2D eigenvalue weighted by atomic mass is 19.1. The SMILES string of the molecule is Cc1ccc(C(=O)N2CCCC2)c(C2CCN(C(=O)c3ccc(F)cc3)CC2)n1. The summed E-state index contributed by atoms with van der Waals surface area (Å²) in [5.74, 6) is -0.182. The van der Waals surface area contributed by atoms with Gasteiger partial charge in [-0.3, -0.25) is 14.6 Å². The number of halogens is 1. The van der Waals surface area contributed by atoms with E-state index < -0.39 is 0 Å². The molecule has 29 heavy (non-hydrogen) atoms. The molecule has 2 aliphatic rings. The predicted octanol–water partition coefficient (Wildman–Crippen LogP) is 3.78. The van der Waals surface area contributed by atoms with Crippen LogP contribution in [0.15, 0.2) is 36.4 Å². The van der Waals surface area contributed by atoms with Gasteiger partial charge in [0.15, 0.2) is 0 Å². The second-order valence-corrected chi connectivity index (χ2v) is 7.96. The van der Waals surface area contributed by atoms with Gasteiger partial charge in [-0.1, -0.05) is 0 Å². The molecule has 0 unspecified atom stereocenters. The number of amides is 2. The minimum Gasteiger partial charge on any atom is -0.339 e. The normalized spacial score (nSPS) is 17.6. The van der Waals surface area contributed by atoms with Gasteiger partial charge in [0, 0.05) is 43.4 Å². The molecule has 2 aromatic rings. The van der Waals surface area contributed by atoms with Gasteiger partial charge in [-0.05, 0) is 69.0 Å². The average molecular weight is 395 g/mol. The van der Waals surface area contributed by atoms with E-state index in [0.717, 1.165) is 50.2 Å². The largest absolute Gasteiger partial charge is 0.339 e. The number of carbonyl (C=O) groups excluding carboxylic acids is 2. The second kappa shape index (κ2) is 8.31. The molecule has 3 heterocycles. The maximum Gasteiger partial charge on any atom is 0.255 e. The van der Waals surface area contributed by atoms with Crippen molar-refractivity contribution in [1.29, 1.82) is 0 Å². The van der Waals surface area contributed by atoms with Gasteiger partial charge in [0.2, 0.25) is 0 Å². The minimum absolute atomic E-state index is 0.0750. The highest BCUT2D eigenvalue weighted by Gasteiger charge is 2.30. The van der Waals surface area contributed by atoms with Crippen LogP contribution in [0.1, 0.15) is 63.7 Å². The zero-order chi connectivity index (χ0) is 20.4. The maximum absolute atomic E-state index is 13.1. The lowest BCUT2D eigenvalue weighted by atomic mass is 9.89. The number of rotatable bonds is 3. The Hall–Kier alpha value is -2.76. The number of hydrogen-bond donors (Lipinski definition) is 0. The fourth-order valence-corrected chi connectivity index (χ4v) is 4.29. The molecule has 2 amide bonds. The minimum atomic E-state index is -0.346. The molecule has 0 atom stereocenters. The lowest BCUT2D eigenvalue weighted by Crippen LogP contribution is -2.38. The predicted molar refractivity (Wildman–Crippen MR) is 108 cm³/mol. The van der Waals surface area contributed by atoms with Crippen LogP contribution in [0, 0.1) is 12.7 Å². The number of aromatic nitrogens is 1. The van der Waals surface area contributed by atoms with Crippen LogP contribution in [0.5, 0.6) is 0 Å². The summed E-state index contributed by atoms with van der Waals surface area (Å²) in [7, 11) is 0. The highest BCUT2D eigenvalue weighted by molar-refractivity contribution is 5.96. The third kappa shape index (κ3) is 4.16. The fraction of sp³-hybridized carbons (Fsp3) is 0.435. The van der Waals surface area contributed by atoms with E-state index in [4.69, 9.17) is 4.98 Å². The zero-order valence-electron chi connectivity index (χ0n) is 16.7. The van der Waals surface area contributed by atoms with Gasteiger partial charge in [0.1, 0.15) is 5.82 Å². The standard InChI is InChI=1S/C23H26FN3O2/c1-16-4-9-20(23(29)26-12-2-3-13-26)21(25-16)17-10-14-27(15-11-17)22(28)18-5-7-19(24)8-6-18/h4-9,17H,2-3,10-15H2,1H3. The fourth-order valence-electron chi connectivity index (χ4n) is 4.29. The molecule has 0 aliphatic carbocycles. The van der Waals surface area contributed by atoms with Crippen molar-refractivity contribution in [2.24, 2.45) is 0 Å². The molecule has 0 saturated carbocycles. The summed E-state index contributed by atoms with van der Waals surface area (Å²) in [6, 6.07) is 9.49. The van der Waals surface area contributed by atoms with Crippen LogP contribution >= 0.6 is 0 Å². The number of piperidine rings is 1. The van der Waals surface area contributed by atoms with Crippen LogP contribution in [-0.4, -0.2) is 52.8 Å². The summed E-state index contributed by atoms with van der Waals surface area (Å²) >= 11 is 0. The van der Waals surface area contributed by atoms with Crippen molar-refractivity contribution >= 4 is 11.8 Å². The molecule has 152 valence electrons. The van der Waals surface area contributed by atoms with Crippen molar-refractivity contribution in [3.8, 4) is 0 Å². The first-order chi connectivity index (χ1) is 14.0. The first kappa shape index (κ1) is 19.6. The summed E-state index contributed by atoms with van der Waals surface area (Å²) in [4.78, 5) is 34.1. The highest BCUT2D eigenvalue weighted by Crippen LogP contribution is 2.31. The van der Waals surface area contributed by atoms with E-state index in [1.165, 1.54) is 24.3 Å². The summed E-state index contributed by atoms with van der Waals surface area (Å²) in [6.45, 7) is 4.79. The van der Waals surface area contributed by atoms with Crippen molar-refractivity contribution in [3.05, 3.63) is 64.7 Å². The molecule has 1 aromatic heterocycles. The third-order valence-corrected chi connectivity index (χ3v) is 5.95. The summed E-state index contributed by atoms with van der Waals surface area (Å²) in [5.41, 5.74) is 2.99.